The number of nitrogens with one attached hydrogen (secondary N) is 1. The van der Waals surface area contributed by atoms with Crippen LogP contribution in [0.3, 0.4) is 0 Å². The van der Waals surface area contributed by atoms with Crippen molar-refractivity contribution in [2.75, 3.05) is 6.61 Å². The van der Waals surface area contributed by atoms with Gasteiger partial charge in [0.2, 0.25) is 5.79 Å². The number of aliphatic hydroxyl groups is 1. The van der Waals surface area contributed by atoms with Crippen LogP contribution in [0.2, 0.25) is 0 Å². The Kier molecular flexibility index (Phi) is 3.17. The molecule has 1 aromatic rings. The number of rotatable bonds is 1. The first kappa shape index (κ1) is 13.4. The second-order valence-corrected chi connectivity index (χ2v) is 5.36. The molecule has 5 heteroatoms. The molecule has 2 unspecified atom stereocenters. The lowest BCUT2D eigenvalue weighted by atomic mass is 9.92. The molecule has 0 saturated carbocycles. The molecule has 1 aliphatic rings. The molecule has 1 heterocycles. The molecular formula is C13H17F2NO2. The van der Waals surface area contributed by atoms with Crippen LogP contribution in [0.25, 0.3) is 0 Å². The van der Waals surface area contributed by atoms with Gasteiger partial charge in [0.1, 0.15) is 0 Å². The number of hydrogen-bond acceptors (Lipinski definition) is 3. The first-order valence-corrected chi connectivity index (χ1v) is 5.84. The molecule has 0 amide bonds. The summed E-state index contributed by atoms with van der Waals surface area (Å²) in [6.07, 6.45) is 0. The van der Waals surface area contributed by atoms with Crippen LogP contribution >= 0.6 is 0 Å². The maximum atomic E-state index is 13.2. The standard InChI is InChI=1S/C13H17F2NO2/c1-8-13(17,18-7-12(2,3)16-8)9-4-5-10(14)11(15)6-9/h4-6,8,16-17H,7H2,1-3H3. The zero-order valence-electron chi connectivity index (χ0n) is 10.6. The van der Waals surface area contributed by atoms with Gasteiger partial charge in [0.05, 0.1) is 12.6 Å². The summed E-state index contributed by atoms with van der Waals surface area (Å²) in [6.45, 7) is 5.89. The monoisotopic (exact) mass is 257 g/mol. The second-order valence-electron chi connectivity index (χ2n) is 5.36. The van der Waals surface area contributed by atoms with E-state index in [9.17, 15) is 13.9 Å². The van der Waals surface area contributed by atoms with Gasteiger partial charge >= 0.3 is 0 Å². The second kappa shape index (κ2) is 4.26. The van der Waals surface area contributed by atoms with Gasteiger partial charge in [-0.25, -0.2) is 8.78 Å². The number of ether oxygens (including phenoxy) is 1. The van der Waals surface area contributed by atoms with E-state index < -0.39 is 23.5 Å². The first-order valence-electron chi connectivity index (χ1n) is 5.84. The molecule has 0 spiro atoms. The van der Waals surface area contributed by atoms with Crippen LogP contribution in [0, 0.1) is 11.6 Å². The first-order chi connectivity index (χ1) is 8.24. The van der Waals surface area contributed by atoms with E-state index in [1.165, 1.54) is 6.07 Å². The van der Waals surface area contributed by atoms with Gasteiger partial charge in [-0.2, -0.15) is 0 Å². The molecule has 0 aliphatic carbocycles. The largest absolute Gasteiger partial charge is 0.361 e. The molecular weight excluding hydrogens is 240 g/mol. The Bertz CT molecular complexity index is 464. The Morgan fingerprint density at radius 3 is 2.56 bits per heavy atom. The quantitative estimate of drug-likeness (QED) is 0.807. The molecule has 1 fully saturated rings. The summed E-state index contributed by atoms with van der Waals surface area (Å²) < 4.78 is 31.6. The molecule has 1 aromatic carbocycles. The highest BCUT2D eigenvalue weighted by Gasteiger charge is 2.45. The summed E-state index contributed by atoms with van der Waals surface area (Å²) in [5.41, 5.74) is -0.0681. The van der Waals surface area contributed by atoms with Crippen LogP contribution in [0.5, 0.6) is 0 Å². The lowest BCUT2D eigenvalue weighted by Gasteiger charge is -2.46. The van der Waals surface area contributed by atoms with E-state index in [4.69, 9.17) is 4.74 Å². The highest BCUT2D eigenvalue weighted by molar-refractivity contribution is 5.24. The van der Waals surface area contributed by atoms with E-state index in [1.54, 1.807) is 6.92 Å². The highest BCUT2D eigenvalue weighted by Crippen LogP contribution is 2.33. The van der Waals surface area contributed by atoms with Gasteiger partial charge in [-0.1, -0.05) is 6.07 Å². The van der Waals surface area contributed by atoms with Crippen molar-refractivity contribution in [3.05, 3.63) is 35.4 Å². The fourth-order valence-corrected chi connectivity index (χ4v) is 2.19. The number of morpholine rings is 1. The van der Waals surface area contributed by atoms with Crippen molar-refractivity contribution in [1.29, 1.82) is 0 Å². The summed E-state index contributed by atoms with van der Waals surface area (Å²) in [5.74, 6) is -3.59. The molecule has 0 radical (unpaired) electrons. The summed E-state index contributed by atoms with van der Waals surface area (Å²) in [5, 5.41) is 13.7. The van der Waals surface area contributed by atoms with E-state index in [1.807, 2.05) is 13.8 Å². The Balaban J connectivity index is 2.34. The van der Waals surface area contributed by atoms with Gasteiger partial charge in [-0.3, -0.25) is 0 Å². The van der Waals surface area contributed by atoms with Crippen molar-refractivity contribution < 1.29 is 18.6 Å². The van der Waals surface area contributed by atoms with Gasteiger partial charge in [0.25, 0.3) is 0 Å². The molecule has 100 valence electrons. The molecule has 3 nitrogen and oxygen atoms in total. The third-order valence-corrected chi connectivity index (χ3v) is 3.18. The maximum absolute atomic E-state index is 13.2. The SMILES string of the molecule is CC1NC(C)(C)COC1(O)c1ccc(F)c(F)c1. The summed E-state index contributed by atoms with van der Waals surface area (Å²) >= 11 is 0. The van der Waals surface area contributed by atoms with Crippen molar-refractivity contribution in [1.82, 2.24) is 5.32 Å². The Labute approximate surface area is 105 Å². The van der Waals surface area contributed by atoms with Crippen LogP contribution in [-0.2, 0) is 10.5 Å². The molecule has 1 aliphatic heterocycles. The topological polar surface area (TPSA) is 41.5 Å². The predicted molar refractivity (Wildman–Crippen MR) is 62.9 cm³/mol. The van der Waals surface area contributed by atoms with Gasteiger partial charge < -0.3 is 15.2 Å². The number of halogens is 2. The minimum absolute atomic E-state index is 0.205. The zero-order chi connectivity index (χ0) is 13.6. The van der Waals surface area contributed by atoms with Gasteiger partial charge in [0, 0.05) is 11.1 Å². The highest BCUT2D eigenvalue weighted by atomic mass is 19.2. The van der Waals surface area contributed by atoms with Gasteiger partial charge in [-0.15, -0.1) is 0 Å². The molecule has 0 bridgehead atoms. The lowest BCUT2D eigenvalue weighted by Crippen LogP contribution is -2.63. The van der Waals surface area contributed by atoms with Crippen LogP contribution in [0.15, 0.2) is 18.2 Å². The number of benzene rings is 1. The molecule has 2 rings (SSSR count). The summed E-state index contributed by atoms with van der Waals surface area (Å²) in [4.78, 5) is 0. The maximum Gasteiger partial charge on any atom is 0.208 e. The fraction of sp³-hybridized carbons (Fsp3) is 0.538. The Hall–Kier alpha value is -1.04. The average Bonchev–Trinajstić information content (AvgIpc) is 2.27. The molecule has 0 aromatic heterocycles. The van der Waals surface area contributed by atoms with E-state index in [2.05, 4.69) is 5.32 Å². The van der Waals surface area contributed by atoms with Crippen molar-refractivity contribution in [2.24, 2.45) is 0 Å². The van der Waals surface area contributed by atoms with Crippen molar-refractivity contribution in [3.8, 4) is 0 Å². The summed E-state index contributed by atoms with van der Waals surface area (Å²) in [6, 6.07) is 2.84. The van der Waals surface area contributed by atoms with Gasteiger partial charge in [-0.05, 0) is 32.9 Å². The summed E-state index contributed by atoms with van der Waals surface area (Å²) in [7, 11) is 0. The van der Waals surface area contributed by atoms with E-state index in [-0.39, 0.29) is 17.7 Å². The Morgan fingerprint density at radius 1 is 1.33 bits per heavy atom. The van der Waals surface area contributed by atoms with Crippen LogP contribution in [-0.4, -0.2) is 23.3 Å². The molecule has 18 heavy (non-hydrogen) atoms. The minimum atomic E-state index is -1.65. The van der Waals surface area contributed by atoms with Crippen molar-refractivity contribution >= 4 is 0 Å². The average molecular weight is 257 g/mol. The minimum Gasteiger partial charge on any atom is -0.361 e. The van der Waals surface area contributed by atoms with E-state index in [0.29, 0.717) is 0 Å². The van der Waals surface area contributed by atoms with Crippen LogP contribution in [0.4, 0.5) is 8.78 Å². The van der Waals surface area contributed by atoms with Crippen molar-refractivity contribution in [2.45, 2.75) is 38.1 Å². The third-order valence-electron chi connectivity index (χ3n) is 3.18. The van der Waals surface area contributed by atoms with Crippen molar-refractivity contribution in [3.63, 3.8) is 0 Å². The molecule has 2 atom stereocenters. The Morgan fingerprint density at radius 2 is 2.00 bits per heavy atom. The number of hydrogen-bond donors (Lipinski definition) is 2. The van der Waals surface area contributed by atoms with Crippen LogP contribution in [0.1, 0.15) is 26.3 Å². The lowest BCUT2D eigenvalue weighted by molar-refractivity contribution is -0.263. The smallest absolute Gasteiger partial charge is 0.208 e. The molecule has 2 N–H and O–H groups in total. The fourth-order valence-electron chi connectivity index (χ4n) is 2.19. The zero-order valence-corrected chi connectivity index (χ0v) is 10.6. The van der Waals surface area contributed by atoms with E-state index >= 15 is 0 Å². The van der Waals surface area contributed by atoms with Crippen LogP contribution < -0.4 is 5.32 Å². The van der Waals surface area contributed by atoms with E-state index in [0.717, 1.165) is 12.1 Å². The normalized spacial score (nSPS) is 31.3. The molecule has 1 saturated heterocycles. The third kappa shape index (κ3) is 2.25. The van der Waals surface area contributed by atoms with Gasteiger partial charge in [0.15, 0.2) is 11.6 Å². The predicted octanol–water partition coefficient (Wildman–Crippen LogP) is 1.90.